The number of fused-ring (bicyclic) bond motifs is 1. The first kappa shape index (κ1) is 15.4. The van der Waals surface area contributed by atoms with Crippen LogP contribution in [-0.4, -0.2) is 35.4 Å². The molecular weight excluding hydrogens is 322 g/mol. The van der Waals surface area contributed by atoms with Gasteiger partial charge in [0.05, 0.1) is 11.7 Å². The fraction of sp³-hybridized carbons (Fsp3) is 0.278. The highest BCUT2D eigenvalue weighted by molar-refractivity contribution is 7.89. The Balaban J connectivity index is 1.66. The van der Waals surface area contributed by atoms with Crippen molar-refractivity contribution in [3.8, 4) is 0 Å². The first-order valence-electron chi connectivity index (χ1n) is 8.05. The van der Waals surface area contributed by atoms with E-state index in [0.29, 0.717) is 18.6 Å². The van der Waals surface area contributed by atoms with Gasteiger partial charge < -0.3 is 0 Å². The van der Waals surface area contributed by atoms with Crippen molar-refractivity contribution in [2.75, 3.05) is 13.1 Å². The van der Waals surface area contributed by atoms with E-state index in [-0.39, 0.29) is 10.8 Å². The highest BCUT2D eigenvalue weighted by Gasteiger charge is 2.35. The van der Waals surface area contributed by atoms with Crippen LogP contribution in [0.3, 0.4) is 0 Å². The van der Waals surface area contributed by atoms with Gasteiger partial charge in [-0.3, -0.25) is 0 Å². The van der Waals surface area contributed by atoms with Crippen molar-refractivity contribution >= 4 is 15.5 Å². The third-order valence-corrected chi connectivity index (χ3v) is 6.67. The number of sulfonamides is 1. The van der Waals surface area contributed by atoms with Crippen LogP contribution in [0.15, 0.2) is 59.8 Å². The number of hydrogen-bond donors (Lipinski definition) is 0. The Bertz CT molecular complexity index is 994. The first-order chi connectivity index (χ1) is 11.6. The molecule has 1 aliphatic rings. The third-order valence-electron chi connectivity index (χ3n) is 4.79. The lowest BCUT2D eigenvalue weighted by Gasteiger charge is -2.17. The number of aromatic nitrogens is 2. The SMILES string of the molecule is Cc1ccccc1C1CCN(S(=O)(=O)c2cnn3ccccc23)C1. The van der Waals surface area contributed by atoms with Gasteiger partial charge in [0.1, 0.15) is 4.90 Å². The summed E-state index contributed by atoms with van der Waals surface area (Å²) < 4.78 is 29.3. The van der Waals surface area contributed by atoms with Crippen LogP contribution in [0.1, 0.15) is 23.5 Å². The maximum atomic E-state index is 13.0. The van der Waals surface area contributed by atoms with E-state index >= 15 is 0 Å². The van der Waals surface area contributed by atoms with E-state index in [1.165, 1.54) is 17.3 Å². The van der Waals surface area contributed by atoms with Crippen molar-refractivity contribution in [2.24, 2.45) is 0 Å². The van der Waals surface area contributed by atoms with Gasteiger partial charge in [-0.25, -0.2) is 12.9 Å². The number of nitrogens with zero attached hydrogens (tertiary/aromatic N) is 3. The van der Waals surface area contributed by atoms with Gasteiger partial charge >= 0.3 is 0 Å². The summed E-state index contributed by atoms with van der Waals surface area (Å²) in [5.41, 5.74) is 3.09. The second-order valence-electron chi connectivity index (χ2n) is 6.24. The van der Waals surface area contributed by atoms with E-state index in [2.05, 4.69) is 24.2 Å². The molecule has 5 nitrogen and oxygen atoms in total. The van der Waals surface area contributed by atoms with Crippen LogP contribution < -0.4 is 0 Å². The minimum absolute atomic E-state index is 0.253. The van der Waals surface area contributed by atoms with Crippen LogP contribution >= 0.6 is 0 Å². The lowest BCUT2D eigenvalue weighted by molar-refractivity contribution is 0.473. The molecule has 1 aromatic carbocycles. The van der Waals surface area contributed by atoms with Crippen LogP contribution in [-0.2, 0) is 10.0 Å². The Hall–Kier alpha value is -2.18. The van der Waals surface area contributed by atoms with Crippen molar-refractivity contribution in [2.45, 2.75) is 24.2 Å². The normalized spacial score (nSPS) is 19.1. The van der Waals surface area contributed by atoms with Crippen molar-refractivity contribution < 1.29 is 8.42 Å². The monoisotopic (exact) mass is 341 g/mol. The summed E-state index contributed by atoms with van der Waals surface area (Å²) in [6.45, 7) is 3.15. The Labute approximate surface area is 141 Å². The summed E-state index contributed by atoms with van der Waals surface area (Å²) in [5, 5.41) is 4.16. The van der Waals surface area contributed by atoms with Gasteiger partial charge in [-0.2, -0.15) is 9.40 Å². The topological polar surface area (TPSA) is 54.7 Å². The lowest BCUT2D eigenvalue weighted by Crippen LogP contribution is -2.28. The molecule has 1 unspecified atom stereocenters. The molecule has 4 rings (SSSR count). The summed E-state index contributed by atoms with van der Waals surface area (Å²) in [4.78, 5) is 0.286. The molecule has 0 saturated carbocycles. The zero-order chi connectivity index (χ0) is 16.7. The second kappa shape index (κ2) is 5.72. The van der Waals surface area contributed by atoms with Crippen molar-refractivity contribution in [1.82, 2.24) is 13.9 Å². The van der Waals surface area contributed by atoms with Crippen molar-refractivity contribution in [1.29, 1.82) is 0 Å². The molecule has 2 aromatic heterocycles. The molecule has 3 aromatic rings. The Morgan fingerprint density at radius 1 is 1.12 bits per heavy atom. The molecule has 3 heterocycles. The predicted molar refractivity (Wildman–Crippen MR) is 92.5 cm³/mol. The molecule has 124 valence electrons. The summed E-state index contributed by atoms with van der Waals surface area (Å²) in [5.74, 6) is 0.253. The van der Waals surface area contributed by atoms with E-state index < -0.39 is 10.0 Å². The Morgan fingerprint density at radius 2 is 1.92 bits per heavy atom. The van der Waals surface area contributed by atoms with Crippen molar-refractivity contribution in [3.63, 3.8) is 0 Å². The third kappa shape index (κ3) is 2.42. The Morgan fingerprint density at radius 3 is 2.75 bits per heavy atom. The molecule has 1 atom stereocenters. The van der Waals surface area contributed by atoms with Crippen LogP contribution in [0.5, 0.6) is 0 Å². The van der Waals surface area contributed by atoms with Gasteiger partial charge in [-0.05, 0) is 42.5 Å². The Kier molecular flexibility index (Phi) is 3.66. The average Bonchev–Trinajstić information content (AvgIpc) is 3.23. The molecule has 0 bridgehead atoms. The number of hydrogen-bond acceptors (Lipinski definition) is 3. The van der Waals surface area contributed by atoms with Crippen LogP contribution in [0.2, 0.25) is 0 Å². The van der Waals surface area contributed by atoms with Crippen LogP contribution in [0.4, 0.5) is 0 Å². The lowest BCUT2D eigenvalue weighted by atomic mass is 9.94. The van der Waals surface area contributed by atoms with Gasteiger partial charge in [-0.1, -0.05) is 30.3 Å². The van der Waals surface area contributed by atoms with Gasteiger partial charge in [0.15, 0.2) is 0 Å². The minimum Gasteiger partial charge on any atom is -0.240 e. The van der Waals surface area contributed by atoms with E-state index in [1.54, 1.807) is 21.1 Å². The molecule has 0 aliphatic carbocycles. The molecule has 24 heavy (non-hydrogen) atoms. The smallest absolute Gasteiger partial charge is 0.240 e. The zero-order valence-corrected chi connectivity index (χ0v) is 14.3. The largest absolute Gasteiger partial charge is 0.246 e. The van der Waals surface area contributed by atoms with Gasteiger partial charge in [0, 0.05) is 19.3 Å². The summed E-state index contributed by atoms with van der Waals surface area (Å²) in [6, 6.07) is 13.7. The summed E-state index contributed by atoms with van der Waals surface area (Å²) >= 11 is 0. The average molecular weight is 341 g/mol. The van der Waals surface area contributed by atoms with Gasteiger partial charge in [0.25, 0.3) is 0 Å². The fourth-order valence-corrected chi connectivity index (χ4v) is 5.10. The van der Waals surface area contributed by atoms with E-state index in [4.69, 9.17) is 0 Å². The summed E-state index contributed by atoms with van der Waals surface area (Å²) in [7, 11) is -3.53. The molecule has 1 fully saturated rings. The predicted octanol–water partition coefficient (Wildman–Crippen LogP) is 2.82. The molecule has 1 aliphatic heterocycles. The number of rotatable bonds is 3. The first-order valence-corrected chi connectivity index (χ1v) is 9.49. The standard InChI is InChI=1S/C18H19N3O2S/c1-14-6-2-3-7-16(14)15-9-11-20(13-15)24(22,23)18-12-19-21-10-5-4-8-17(18)21/h2-8,10,12,15H,9,11,13H2,1H3. The summed E-state index contributed by atoms with van der Waals surface area (Å²) in [6.07, 6.45) is 4.06. The molecule has 1 saturated heterocycles. The number of benzene rings is 1. The van der Waals surface area contributed by atoms with E-state index in [9.17, 15) is 8.42 Å². The van der Waals surface area contributed by atoms with E-state index in [0.717, 1.165) is 6.42 Å². The molecular formula is C18H19N3O2S. The molecule has 0 radical (unpaired) electrons. The number of aryl methyl sites for hydroxylation is 1. The van der Waals surface area contributed by atoms with Crippen molar-refractivity contribution in [3.05, 3.63) is 66.0 Å². The zero-order valence-electron chi connectivity index (χ0n) is 13.5. The van der Waals surface area contributed by atoms with Crippen LogP contribution in [0.25, 0.3) is 5.52 Å². The number of pyridine rings is 1. The van der Waals surface area contributed by atoms with Gasteiger partial charge in [0.2, 0.25) is 10.0 Å². The maximum absolute atomic E-state index is 13.0. The minimum atomic E-state index is -3.53. The van der Waals surface area contributed by atoms with E-state index in [1.807, 2.05) is 24.3 Å². The van der Waals surface area contributed by atoms with Gasteiger partial charge in [-0.15, -0.1) is 0 Å². The fourth-order valence-electron chi connectivity index (χ4n) is 3.49. The molecule has 6 heteroatoms. The molecule has 0 spiro atoms. The maximum Gasteiger partial charge on any atom is 0.246 e. The molecule has 0 amide bonds. The quantitative estimate of drug-likeness (QED) is 0.736. The van der Waals surface area contributed by atoms with Crippen LogP contribution in [0, 0.1) is 6.92 Å². The highest BCUT2D eigenvalue weighted by Crippen LogP contribution is 2.33. The molecule has 0 N–H and O–H groups in total. The second-order valence-corrected chi connectivity index (χ2v) is 8.15. The highest BCUT2D eigenvalue weighted by atomic mass is 32.2.